The minimum atomic E-state index is -0.239. The zero-order valence-corrected chi connectivity index (χ0v) is 17.2. The van der Waals surface area contributed by atoms with E-state index < -0.39 is 0 Å². The van der Waals surface area contributed by atoms with E-state index in [1.54, 1.807) is 19.1 Å². The molecule has 0 aliphatic carbocycles. The summed E-state index contributed by atoms with van der Waals surface area (Å²) in [4.78, 5) is 33.2. The first-order valence-electron chi connectivity index (χ1n) is 8.49. The molecule has 0 bridgehead atoms. The number of hydrogen-bond acceptors (Lipinski definition) is 5. The number of benzene rings is 1. The number of halogens is 2. The van der Waals surface area contributed by atoms with Crippen LogP contribution in [0.4, 0.5) is 0 Å². The van der Waals surface area contributed by atoms with Crippen LogP contribution in [0.1, 0.15) is 35.2 Å². The highest BCUT2D eigenvalue weighted by Gasteiger charge is 2.16. The van der Waals surface area contributed by atoms with Gasteiger partial charge in [-0.2, -0.15) is 0 Å². The number of carbonyl (C=O) groups excluding carboxylic acids is 1. The quantitative estimate of drug-likeness (QED) is 0.582. The van der Waals surface area contributed by atoms with Crippen molar-refractivity contribution in [2.75, 3.05) is 6.61 Å². The van der Waals surface area contributed by atoms with Crippen molar-refractivity contribution in [3.63, 3.8) is 0 Å². The lowest BCUT2D eigenvalue weighted by atomic mass is 10.1. The van der Waals surface area contributed by atoms with Gasteiger partial charge in [0.1, 0.15) is 10.7 Å². The Bertz CT molecular complexity index is 1060. The fourth-order valence-corrected chi connectivity index (χ4v) is 4.37. The minimum Gasteiger partial charge on any atom is -0.466 e. The molecule has 0 saturated carbocycles. The Labute approximate surface area is 170 Å². The predicted molar refractivity (Wildman–Crippen MR) is 109 cm³/mol. The molecule has 0 saturated heterocycles. The lowest BCUT2D eigenvalue weighted by Gasteiger charge is -2.03. The molecule has 8 heteroatoms. The van der Waals surface area contributed by atoms with Gasteiger partial charge in [-0.15, -0.1) is 11.3 Å². The lowest BCUT2D eigenvalue weighted by Crippen LogP contribution is -2.12. The van der Waals surface area contributed by atoms with Crippen LogP contribution in [-0.2, 0) is 22.4 Å². The average molecular weight is 425 g/mol. The van der Waals surface area contributed by atoms with Gasteiger partial charge in [-0.25, -0.2) is 4.98 Å². The van der Waals surface area contributed by atoms with E-state index in [4.69, 9.17) is 27.9 Å². The number of nitrogens with one attached hydrogen (secondary N) is 1. The van der Waals surface area contributed by atoms with E-state index in [0.717, 1.165) is 16.0 Å². The van der Waals surface area contributed by atoms with Crippen LogP contribution < -0.4 is 5.56 Å². The second kappa shape index (κ2) is 8.42. The molecule has 0 radical (unpaired) electrons. The lowest BCUT2D eigenvalue weighted by molar-refractivity contribution is -0.143. The van der Waals surface area contributed by atoms with Crippen LogP contribution in [0.3, 0.4) is 0 Å². The Morgan fingerprint density at radius 3 is 2.78 bits per heavy atom. The monoisotopic (exact) mass is 424 g/mol. The molecular weight excluding hydrogens is 407 g/mol. The standard InChI is InChI=1S/C19H18Cl2N2O3S/c1-3-26-16(24)7-6-14-10(2)17-18(25)22-15(23-19(17)27-14)9-11-4-5-12(20)13(21)8-11/h4-5,8H,3,6-7,9H2,1-2H3,(H,22,23,25). The summed E-state index contributed by atoms with van der Waals surface area (Å²) in [5, 5.41) is 1.53. The van der Waals surface area contributed by atoms with E-state index in [9.17, 15) is 9.59 Å². The summed E-state index contributed by atoms with van der Waals surface area (Å²) in [6, 6.07) is 5.33. The highest BCUT2D eigenvalue weighted by Crippen LogP contribution is 2.29. The fraction of sp³-hybridized carbons (Fsp3) is 0.316. The third-order valence-corrected chi connectivity index (χ3v) is 6.15. The Balaban J connectivity index is 1.88. The molecule has 0 atom stereocenters. The van der Waals surface area contributed by atoms with Crippen LogP contribution in [0, 0.1) is 6.92 Å². The van der Waals surface area contributed by atoms with E-state index in [1.165, 1.54) is 11.3 Å². The maximum atomic E-state index is 12.6. The molecule has 3 rings (SSSR count). The maximum Gasteiger partial charge on any atom is 0.306 e. The first-order valence-corrected chi connectivity index (χ1v) is 10.1. The molecule has 0 amide bonds. The summed E-state index contributed by atoms with van der Waals surface area (Å²) in [7, 11) is 0. The Morgan fingerprint density at radius 1 is 1.30 bits per heavy atom. The van der Waals surface area contributed by atoms with Gasteiger partial charge in [0, 0.05) is 11.3 Å². The number of esters is 1. The van der Waals surface area contributed by atoms with Crippen LogP contribution >= 0.6 is 34.5 Å². The van der Waals surface area contributed by atoms with E-state index in [2.05, 4.69) is 9.97 Å². The first-order chi connectivity index (χ1) is 12.9. The third-order valence-electron chi connectivity index (χ3n) is 4.17. The molecule has 1 N–H and O–H groups in total. The molecule has 5 nitrogen and oxygen atoms in total. The van der Waals surface area contributed by atoms with Crippen molar-refractivity contribution in [3.8, 4) is 0 Å². The number of nitrogens with zero attached hydrogens (tertiary/aromatic N) is 1. The number of hydrogen-bond donors (Lipinski definition) is 1. The van der Waals surface area contributed by atoms with Crippen molar-refractivity contribution in [1.29, 1.82) is 0 Å². The molecule has 0 unspecified atom stereocenters. The number of H-pyrrole nitrogens is 1. The second-order valence-electron chi connectivity index (χ2n) is 6.07. The molecule has 27 heavy (non-hydrogen) atoms. The van der Waals surface area contributed by atoms with E-state index >= 15 is 0 Å². The topological polar surface area (TPSA) is 72.0 Å². The SMILES string of the molecule is CCOC(=O)CCc1sc2nc(Cc3ccc(Cl)c(Cl)c3)[nH]c(=O)c2c1C. The Hall–Kier alpha value is -1.89. The number of ether oxygens (including phenoxy) is 1. The van der Waals surface area contributed by atoms with Crippen molar-refractivity contribution in [2.45, 2.75) is 33.1 Å². The van der Waals surface area contributed by atoms with Crippen LogP contribution in [0.2, 0.25) is 10.0 Å². The molecule has 0 aliphatic heterocycles. The Kier molecular flexibility index (Phi) is 6.19. The summed E-state index contributed by atoms with van der Waals surface area (Å²) < 4.78 is 4.97. The molecular formula is C19H18Cl2N2O3S. The minimum absolute atomic E-state index is 0.175. The van der Waals surface area contributed by atoms with Crippen molar-refractivity contribution < 1.29 is 9.53 Å². The number of aromatic amines is 1. The number of fused-ring (bicyclic) bond motifs is 1. The number of aryl methyl sites for hydroxylation is 2. The molecule has 0 fully saturated rings. The van der Waals surface area contributed by atoms with Crippen LogP contribution in [0.25, 0.3) is 10.2 Å². The maximum absolute atomic E-state index is 12.6. The van der Waals surface area contributed by atoms with E-state index in [-0.39, 0.29) is 17.9 Å². The summed E-state index contributed by atoms with van der Waals surface area (Å²) in [6.07, 6.45) is 1.26. The Morgan fingerprint density at radius 2 is 2.07 bits per heavy atom. The highest BCUT2D eigenvalue weighted by atomic mass is 35.5. The van der Waals surface area contributed by atoms with Crippen LogP contribution in [0.15, 0.2) is 23.0 Å². The molecule has 0 aliphatic rings. The van der Waals surface area contributed by atoms with Crippen molar-refractivity contribution >= 4 is 50.7 Å². The largest absolute Gasteiger partial charge is 0.466 e. The van der Waals surface area contributed by atoms with Crippen molar-refractivity contribution in [1.82, 2.24) is 9.97 Å². The highest BCUT2D eigenvalue weighted by molar-refractivity contribution is 7.18. The van der Waals surface area contributed by atoms with Gasteiger partial charge in [0.05, 0.1) is 28.5 Å². The van der Waals surface area contributed by atoms with Gasteiger partial charge in [0.2, 0.25) is 0 Å². The normalized spacial score (nSPS) is 11.1. The zero-order valence-electron chi connectivity index (χ0n) is 14.9. The summed E-state index contributed by atoms with van der Waals surface area (Å²) >= 11 is 13.4. The van der Waals surface area contributed by atoms with Crippen LogP contribution in [0.5, 0.6) is 0 Å². The van der Waals surface area contributed by atoms with Crippen LogP contribution in [-0.4, -0.2) is 22.5 Å². The summed E-state index contributed by atoms with van der Waals surface area (Å²) in [6.45, 7) is 4.03. The smallest absolute Gasteiger partial charge is 0.306 e. The number of aromatic nitrogens is 2. The van der Waals surface area contributed by atoms with Gasteiger partial charge in [0.25, 0.3) is 5.56 Å². The molecule has 142 valence electrons. The summed E-state index contributed by atoms with van der Waals surface area (Å²) in [5.41, 5.74) is 1.60. The second-order valence-corrected chi connectivity index (χ2v) is 7.97. The average Bonchev–Trinajstić information content (AvgIpc) is 2.93. The first kappa shape index (κ1) is 19.9. The number of carbonyl (C=O) groups is 1. The predicted octanol–water partition coefficient (Wildman–Crippen LogP) is 4.69. The van der Waals surface area contributed by atoms with E-state index in [1.807, 2.05) is 13.0 Å². The summed E-state index contributed by atoms with van der Waals surface area (Å²) in [5.74, 6) is 0.320. The number of rotatable bonds is 6. The third kappa shape index (κ3) is 4.51. The van der Waals surface area contributed by atoms with Gasteiger partial charge < -0.3 is 9.72 Å². The van der Waals surface area contributed by atoms with Crippen molar-refractivity contribution in [3.05, 3.63) is 60.4 Å². The molecule has 0 spiro atoms. The molecule has 1 aromatic carbocycles. The van der Waals surface area contributed by atoms with Gasteiger partial charge in [0.15, 0.2) is 0 Å². The molecule has 2 aromatic heterocycles. The van der Waals surface area contributed by atoms with Gasteiger partial charge in [-0.1, -0.05) is 29.3 Å². The molecule has 3 aromatic rings. The van der Waals surface area contributed by atoms with Crippen molar-refractivity contribution in [2.24, 2.45) is 0 Å². The fourth-order valence-electron chi connectivity index (χ4n) is 2.85. The number of thiophene rings is 1. The van der Waals surface area contributed by atoms with E-state index in [0.29, 0.717) is 45.5 Å². The molecule has 2 heterocycles. The van der Waals surface area contributed by atoms with Gasteiger partial charge in [-0.05, 0) is 43.5 Å². The van der Waals surface area contributed by atoms with Gasteiger partial charge in [-0.3, -0.25) is 9.59 Å². The zero-order chi connectivity index (χ0) is 19.6. The van der Waals surface area contributed by atoms with Gasteiger partial charge >= 0.3 is 5.97 Å².